The van der Waals surface area contributed by atoms with Crippen LogP contribution in [0, 0.1) is 6.92 Å². The van der Waals surface area contributed by atoms with Crippen molar-refractivity contribution in [2.45, 2.75) is 19.2 Å². The van der Waals surface area contributed by atoms with Crippen LogP contribution in [0.1, 0.15) is 16.7 Å². The third kappa shape index (κ3) is 3.95. The standard InChI is InChI=1S/C21H23P3/c1-14-8-18(15-4-6-21(24)7-5-15)11-19(9-14)16-2-3-17(12-22)20(10-16)13-23/h2-11H,12-13,22-24H2,1H3. The van der Waals surface area contributed by atoms with Crippen LogP contribution >= 0.6 is 27.7 Å². The van der Waals surface area contributed by atoms with E-state index in [1.165, 1.54) is 44.2 Å². The predicted octanol–water partition coefficient (Wildman–Crippen LogP) is 5.58. The van der Waals surface area contributed by atoms with E-state index in [1.807, 2.05) is 0 Å². The normalized spacial score (nSPS) is 10.8. The predicted molar refractivity (Wildman–Crippen MR) is 118 cm³/mol. The summed E-state index contributed by atoms with van der Waals surface area (Å²) in [4.78, 5) is 0. The van der Waals surface area contributed by atoms with Crippen LogP contribution in [0.25, 0.3) is 22.3 Å². The molecule has 0 amide bonds. The van der Waals surface area contributed by atoms with Gasteiger partial charge in [0.1, 0.15) is 0 Å². The first-order valence-electron chi connectivity index (χ1n) is 8.10. The summed E-state index contributed by atoms with van der Waals surface area (Å²) in [6.45, 7) is 2.17. The smallest absolute Gasteiger partial charge is 0.0125 e. The van der Waals surface area contributed by atoms with Crippen molar-refractivity contribution < 1.29 is 0 Å². The number of rotatable bonds is 4. The van der Waals surface area contributed by atoms with Gasteiger partial charge in [-0.2, -0.15) is 0 Å². The molecule has 0 fully saturated rings. The summed E-state index contributed by atoms with van der Waals surface area (Å²) in [7, 11) is 8.41. The van der Waals surface area contributed by atoms with Gasteiger partial charge in [0.2, 0.25) is 0 Å². The van der Waals surface area contributed by atoms with Crippen LogP contribution in [0.4, 0.5) is 0 Å². The molecule has 0 bridgehead atoms. The number of hydrogen-bond donors (Lipinski definition) is 0. The summed E-state index contributed by atoms with van der Waals surface area (Å²) in [6, 6.07) is 22.3. The summed E-state index contributed by atoms with van der Waals surface area (Å²) in [5, 5.41) is 1.21. The lowest BCUT2D eigenvalue weighted by atomic mass is 9.95. The van der Waals surface area contributed by atoms with Crippen molar-refractivity contribution in [3.8, 4) is 22.3 Å². The molecule has 0 heterocycles. The fourth-order valence-electron chi connectivity index (χ4n) is 2.99. The zero-order valence-corrected chi connectivity index (χ0v) is 17.4. The van der Waals surface area contributed by atoms with E-state index in [9.17, 15) is 0 Å². The first-order chi connectivity index (χ1) is 11.6. The molecule has 0 radical (unpaired) electrons. The van der Waals surface area contributed by atoms with Crippen LogP contribution in [0.15, 0.2) is 60.7 Å². The molecule has 24 heavy (non-hydrogen) atoms. The average Bonchev–Trinajstić information content (AvgIpc) is 2.61. The van der Waals surface area contributed by atoms with Gasteiger partial charge < -0.3 is 0 Å². The Morgan fingerprint density at radius 2 is 1.21 bits per heavy atom. The second kappa shape index (κ2) is 7.89. The molecule has 0 aliphatic heterocycles. The molecule has 0 spiro atoms. The van der Waals surface area contributed by atoms with Gasteiger partial charge in [-0.25, -0.2) is 0 Å². The lowest BCUT2D eigenvalue weighted by Gasteiger charge is -2.12. The van der Waals surface area contributed by atoms with Crippen molar-refractivity contribution in [3.63, 3.8) is 0 Å². The fraction of sp³-hybridized carbons (Fsp3) is 0.143. The summed E-state index contributed by atoms with van der Waals surface area (Å²) in [6.07, 6.45) is 2.00. The highest BCUT2D eigenvalue weighted by Crippen LogP contribution is 2.30. The van der Waals surface area contributed by atoms with Gasteiger partial charge in [-0.3, -0.25) is 0 Å². The summed E-state index contributed by atoms with van der Waals surface area (Å²) >= 11 is 0. The Hall–Kier alpha value is -1.05. The average molecular weight is 368 g/mol. The van der Waals surface area contributed by atoms with Gasteiger partial charge in [0, 0.05) is 0 Å². The van der Waals surface area contributed by atoms with Crippen molar-refractivity contribution >= 4 is 33.0 Å². The van der Waals surface area contributed by atoms with E-state index in [4.69, 9.17) is 0 Å². The zero-order chi connectivity index (χ0) is 17.1. The lowest BCUT2D eigenvalue weighted by molar-refractivity contribution is 1.28. The summed E-state index contributed by atoms with van der Waals surface area (Å²) in [5.74, 6) is 0. The fourth-order valence-corrected chi connectivity index (χ4v) is 3.96. The van der Waals surface area contributed by atoms with Crippen LogP contribution in [0.3, 0.4) is 0 Å². The van der Waals surface area contributed by atoms with E-state index in [0.717, 1.165) is 12.3 Å². The molecule has 0 N–H and O–H groups in total. The van der Waals surface area contributed by atoms with Gasteiger partial charge in [0.05, 0.1) is 0 Å². The maximum Gasteiger partial charge on any atom is -0.0125 e. The van der Waals surface area contributed by atoms with Crippen LogP contribution in [0.2, 0.25) is 0 Å². The Morgan fingerprint density at radius 3 is 1.83 bits per heavy atom. The molecule has 0 nitrogen and oxygen atoms in total. The summed E-state index contributed by atoms with van der Waals surface area (Å²) in [5.41, 5.74) is 9.22. The van der Waals surface area contributed by atoms with Crippen LogP contribution in [0.5, 0.6) is 0 Å². The molecular weight excluding hydrogens is 345 g/mol. The SMILES string of the molecule is Cc1cc(-c2ccc(P)cc2)cc(-c2ccc(CP)c(CP)c2)c1. The molecule has 3 heteroatoms. The maximum atomic E-state index is 2.85. The zero-order valence-electron chi connectivity index (χ0n) is 13.9. The van der Waals surface area contributed by atoms with Crippen molar-refractivity contribution in [1.29, 1.82) is 0 Å². The van der Waals surface area contributed by atoms with E-state index in [-0.39, 0.29) is 0 Å². The van der Waals surface area contributed by atoms with Gasteiger partial charge in [0.25, 0.3) is 0 Å². The van der Waals surface area contributed by atoms with E-state index >= 15 is 0 Å². The largest absolute Gasteiger partial charge is 0.133 e. The van der Waals surface area contributed by atoms with Gasteiger partial charge >= 0.3 is 0 Å². The third-order valence-corrected chi connectivity index (χ3v) is 5.57. The number of hydrogen-bond acceptors (Lipinski definition) is 0. The maximum absolute atomic E-state index is 2.85. The molecule has 0 aliphatic carbocycles. The second-order valence-corrected chi connectivity index (χ2v) is 7.58. The minimum atomic E-state index is 0.992. The Bertz CT molecular complexity index is 851. The van der Waals surface area contributed by atoms with Crippen molar-refractivity contribution in [1.82, 2.24) is 0 Å². The minimum Gasteiger partial charge on any atom is -0.133 e. The number of aryl methyl sites for hydroxylation is 1. The van der Waals surface area contributed by atoms with Crippen LogP contribution in [-0.4, -0.2) is 0 Å². The first kappa shape index (κ1) is 17.8. The highest BCUT2D eigenvalue weighted by Gasteiger charge is 2.06. The Kier molecular flexibility index (Phi) is 5.84. The topological polar surface area (TPSA) is 0 Å². The molecule has 3 unspecified atom stereocenters. The van der Waals surface area contributed by atoms with Crippen LogP contribution in [-0.2, 0) is 12.3 Å². The highest BCUT2D eigenvalue weighted by molar-refractivity contribution is 7.27. The molecule has 0 saturated heterocycles. The Labute approximate surface area is 152 Å². The highest BCUT2D eigenvalue weighted by atomic mass is 31.0. The van der Waals surface area contributed by atoms with E-state index < -0.39 is 0 Å². The molecule has 3 aromatic rings. The first-order valence-corrected chi connectivity index (χ1v) is 10.3. The molecular formula is C21H23P3. The molecule has 0 aliphatic rings. The second-order valence-electron chi connectivity index (χ2n) is 6.10. The van der Waals surface area contributed by atoms with E-state index in [2.05, 4.69) is 95.3 Å². The molecule has 3 atom stereocenters. The number of benzene rings is 3. The quantitative estimate of drug-likeness (QED) is 0.528. The van der Waals surface area contributed by atoms with Crippen molar-refractivity contribution in [3.05, 3.63) is 77.4 Å². The van der Waals surface area contributed by atoms with Crippen molar-refractivity contribution in [2.75, 3.05) is 0 Å². The lowest BCUT2D eigenvalue weighted by Crippen LogP contribution is -1.91. The van der Waals surface area contributed by atoms with Gasteiger partial charge in [-0.1, -0.05) is 54.6 Å². The molecule has 3 aromatic carbocycles. The van der Waals surface area contributed by atoms with Crippen molar-refractivity contribution in [2.24, 2.45) is 0 Å². The van der Waals surface area contributed by atoms with Crippen LogP contribution < -0.4 is 5.30 Å². The molecule has 0 saturated carbocycles. The van der Waals surface area contributed by atoms with E-state index in [0.29, 0.717) is 0 Å². The Balaban J connectivity index is 2.07. The summed E-state index contributed by atoms with van der Waals surface area (Å²) < 4.78 is 0. The van der Waals surface area contributed by atoms with Gasteiger partial charge in [0.15, 0.2) is 0 Å². The van der Waals surface area contributed by atoms with E-state index in [1.54, 1.807) is 0 Å². The molecule has 3 rings (SSSR count). The minimum absolute atomic E-state index is 0.992. The third-order valence-electron chi connectivity index (χ3n) is 4.30. The Morgan fingerprint density at radius 1 is 0.625 bits per heavy atom. The molecule has 0 aromatic heterocycles. The molecule has 122 valence electrons. The van der Waals surface area contributed by atoms with Gasteiger partial charge in [-0.05, 0) is 69.6 Å². The van der Waals surface area contributed by atoms with Gasteiger partial charge in [-0.15, -0.1) is 27.7 Å². The monoisotopic (exact) mass is 368 g/mol.